The summed E-state index contributed by atoms with van der Waals surface area (Å²) in [6.07, 6.45) is 2.52. The van der Waals surface area contributed by atoms with Crippen LogP contribution >= 0.6 is 11.8 Å². The average Bonchev–Trinajstić information content (AvgIpc) is 2.88. The Balaban J connectivity index is 2.49. The molecule has 0 aliphatic heterocycles. The molecule has 2 aromatic carbocycles. The Morgan fingerprint density at radius 2 is 1.62 bits per heavy atom. The van der Waals surface area contributed by atoms with E-state index in [2.05, 4.69) is 17.6 Å². The molecular formula is C30H43N3O5S. The number of hydrogen-bond donors (Lipinski definition) is 2. The summed E-state index contributed by atoms with van der Waals surface area (Å²) in [6.45, 7) is 11.1. The first-order chi connectivity index (χ1) is 18.4. The van der Waals surface area contributed by atoms with Gasteiger partial charge in [0.2, 0.25) is 5.91 Å². The molecule has 0 fully saturated rings. The van der Waals surface area contributed by atoms with Crippen LogP contribution < -0.4 is 15.4 Å². The molecule has 0 saturated heterocycles. The number of benzene rings is 2. The average molecular weight is 558 g/mol. The lowest BCUT2D eigenvalue weighted by Gasteiger charge is -2.37. The normalized spacial score (nSPS) is 12.8. The first-order valence-corrected chi connectivity index (χ1v) is 14.6. The van der Waals surface area contributed by atoms with Crippen molar-refractivity contribution in [2.45, 2.75) is 78.1 Å². The van der Waals surface area contributed by atoms with Crippen LogP contribution in [0, 0.1) is 0 Å². The van der Waals surface area contributed by atoms with Crippen molar-refractivity contribution in [3.8, 4) is 5.75 Å². The van der Waals surface area contributed by atoms with Gasteiger partial charge in [-0.1, -0.05) is 31.2 Å². The van der Waals surface area contributed by atoms with Crippen LogP contribution in [-0.4, -0.2) is 59.6 Å². The Bertz CT molecular complexity index is 1080. The van der Waals surface area contributed by atoms with Gasteiger partial charge in [-0.2, -0.15) is 11.8 Å². The molecule has 214 valence electrons. The third-order valence-electron chi connectivity index (χ3n) is 6.00. The second-order valence-electron chi connectivity index (χ2n) is 10.5. The van der Waals surface area contributed by atoms with Crippen LogP contribution in [0.5, 0.6) is 5.75 Å². The van der Waals surface area contributed by atoms with Crippen molar-refractivity contribution in [1.82, 2.24) is 10.2 Å². The largest absolute Gasteiger partial charge is 0.497 e. The zero-order chi connectivity index (χ0) is 29.2. The van der Waals surface area contributed by atoms with E-state index in [1.807, 2.05) is 44.4 Å². The second-order valence-corrected chi connectivity index (χ2v) is 11.5. The second kappa shape index (κ2) is 14.8. The van der Waals surface area contributed by atoms with Crippen LogP contribution in [0.3, 0.4) is 0 Å². The van der Waals surface area contributed by atoms with Crippen molar-refractivity contribution < 1.29 is 23.9 Å². The van der Waals surface area contributed by atoms with Crippen molar-refractivity contribution >= 4 is 35.4 Å². The molecule has 0 spiro atoms. The first-order valence-electron chi connectivity index (χ1n) is 13.2. The van der Waals surface area contributed by atoms with Crippen LogP contribution in [0.2, 0.25) is 0 Å². The molecule has 0 aliphatic rings. The summed E-state index contributed by atoms with van der Waals surface area (Å²) >= 11 is 1.58. The maximum Gasteiger partial charge on any atom is 0.408 e. The summed E-state index contributed by atoms with van der Waals surface area (Å²) < 4.78 is 10.7. The number of carbonyl (C=O) groups excluding carboxylic acids is 3. The van der Waals surface area contributed by atoms with Crippen LogP contribution in [0.25, 0.3) is 0 Å². The van der Waals surface area contributed by atoms with Crippen LogP contribution in [0.15, 0.2) is 48.5 Å². The zero-order valence-electron chi connectivity index (χ0n) is 24.4. The summed E-state index contributed by atoms with van der Waals surface area (Å²) in [5, 5.41) is 5.72. The van der Waals surface area contributed by atoms with E-state index in [1.165, 1.54) is 0 Å². The molecule has 2 N–H and O–H groups in total. The molecule has 0 radical (unpaired) electrons. The predicted octanol–water partition coefficient (Wildman–Crippen LogP) is 5.82. The number of hydrogen-bond acceptors (Lipinski definition) is 6. The third-order valence-corrected chi connectivity index (χ3v) is 6.64. The number of nitrogens with one attached hydrogen (secondary N) is 2. The number of alkyl carbamates (subject to hydrolysis) is 1. The van der Waals surface area contributed by atoms with Gasteiger partial charge >= 0.3 is 6.09 Å². The van der Waals surface area contributed by atoms with Crippen molar-refractivity contribution in [3.05, 3.63) is 59.7 Å². The fourth-order valence-electron chi connectivity index (χ4n) is 4.06. The lowest BCUT2D eigenvalue weighted by atomic mass is 9.98. The Hall–Kier alpha value is -3.20. The Morgan fingerprint density at radius 1 is 1.00 bits per heavy atom. The van der Waals surface area contributed by atoms with Gasteiger partial charge in [-0.25, -0.2) is 4.79 Å². The topological polar surface area (TPSA) is 97.0 Å². The smallest absolute Gasteiger partial charge is 0.408 e. The van der Waals surface area contributed by atoms with Crippen LogP contribution in [0.4, 0.5) is 10.5 Å². The number of aryl methyl sites for hydroxylation is 1. The van der Waals surface area contributed by atoms with Gasteiger partial charge in [0.25, 0.3) is 5.91 Å². The molecule has 9 heteroatoms. The van der Waals surface area contributed by atoms with Crippen molar-refractivity contribution in [2.75, 3.05) is 24.4 Å². The highest BCUT2D eigenvalue weighted by Crippen LogP contribution is 2.28. The number of amides is 3. The van der Waals surface area contributed by atoms with Gasteiger partial charge in [0.1, 0.15) is 23.4 Å². The molecule has 0 heterocycles. The number of thioether (sulfide) groups is 1. The van der Waals surface area contributed by atoms with Crippen LogP contribution in [0.1, 0.15) is 65.1 Å². The minimum atomic E-state index is -0.928. The van der Waals surface area contributed by atoms with E-state index >= 15 is 0 Å². The first kappa shape index (κ1) is 32.0. The summed E-state index contributed by atoms with van der Waals surface area (Å²) in [4.78, 5) is 42.2. The highest BCUT2D eigenvalue weighted by atomic mass is 32.2. The van der Waals surface area contributed by atoms with E-state index in [4.69, 9.17) is 9.47 Å². The number of nitrogens with zero attached hydrogens (tertiary/aromatic N) is 1. The quantitative estimate of drug-likeness (QED) is 0.341. The van der Waals surface area contributed by atoms with E-state index < -0.39 is 23.8 Å². The molecule has 2 atom stereocenters. The standard InChI is InChI=1S/C30H43N3O5S/c1-9-21-10-12-22(13-11-21)26(27(34)31-23-14-16-24(37-7)17-15-23)33(20(2)3)28(35)25(18-19-39-8)32-29(36)38-30(4,5)6/h10-17,20,25-26H,9,18-19H2,1-8H3,(H,31,34)(H,32,36). The molecule has 0 aromatic heterocycles. The SMILES string of the molecule is CCc1ccc(C(C(=O)Nc2ccc(OC)cc2)N(C(=O)C(CCSC)NC(=O)OC(C)(C)C)C(C)C)cc1. The zero-order valence-corrected chi connectivity index (χ0v) is 25.2. The molecule has 0 saturated carbocycles. The Labute approximate surface area is 237 Å². The van der Waals surface area contributed by atoms with E-state index in [-0.39, 0.29) is 17.9 Å². The summed E-state index contributed by atoms with van der Waals surface area (Å²) in [5.41, 5.74) is 1.68. The van der Waals surface area contributed by atoms with E-state index in [1.54, 1.807) is 68.8 Å². The summed E-state index contributed by atoms with van der Waals surface area (Å²) in [6, 6.07) is 12.6. The fraction of sp³-hybridized carbons (Fsp3) is 0.500. The molecular weight excluding hydrogens is 514 g/mol. The number of carbonyl (C=O) groups is 3. The monoisotopic (exact) mass is 557 g/mol. The van der Waals surface area contributed by atoms with Gasteiger partial charge in [-0.05, 0) is 94.9 Å². The van der Waals surface area contributed by atoms with Crippen LogP contribution in [-0.2, 0) is 20.7 Å². The minimum Gasteiger partial charge on any atom is -0.497 e. The van der Waals surface area contributed by atoms with Gasteiger partial charge in [-0.3, -0.25) is 9.59 Å². The molecule has 2 aromatic rings. The molecule has 2 unspecified atom stereocenters. The number of methoxy groups -OCH3 is 1. The molecule has 0 aliphatic carbocycles. The van der Waals surface area contributed by atoms with E-state index in [0.29, 0.717) is 29.2 Å². The summed E-state index contributed by atoms with van der Waals surface area (Å²) in [5.74, 6) is 0.613. The van der Waals surface area contributed by atoms with Gasteiger partial charge in [0.05, 0.1) is 7.11 Å². The van der Waals surface area contributed by atoms with Gasteiger partial charge < -0.3 is 25.0 Å². The maximum absolute atomic E-state index is 14.1. The highest BCUT2D eigenvalue weighted by Gasteiger charge is 2.37. The number of anilines is 1. The highest BCUT2D eigenvalue weighted by molar-refractivity contribution is 7.98. The lowest BCUT2D eigenvalue weighted by molar-refractivity contribution is -0.143. The van der Waals surface area contributed by atoms with Gasteiger partial charge in [0, 0.05) is 11.7 Å². The maximum atomic E-state index is 14.1. The van der Waals surface area contributed by atoms with E-state index in [9.17, 15) is 14.4 Å². The fourth-order valence-corrected chi connectivity index (χ4v) is 4.53. The van der Waals surface area contributed by atoms with Crippen molar-refractivity contribution in [3.63, 3.8) is 0 Å². The number of rotatable bonds is 12. The predicted molar refractivity (Wildman–Crippen MR) is 158 cm³/mol. The third kappa shape index (κ3) is 9.80. The summed E-state index contributed by atoms with van der Waals surface area (Å²) in [7, 11) is 1.58. The molecule has 0 bridgehead atoms. The minimum absolute atomic E-state index is 0.341. The molecule has 2 rings (SSSR count). The molecule has 39 heavy (non-hydrogen) atoms. The van der Waals surface area contributed by atoms with Gasteiger partial charge in [0.15, 0.2) is 0 Å². The van der Waals surface area contributed by atoms with Gasteiger partial charge in [-0.15, -0.1) is 0 Å². The molecule has 8 nitrogen and oxygen atoms in total. The lowest BCUT2D eigenvalue weighted by Crippen LogP contribution is -2.54. The number of ether oxygens (including phenoxy) is 2. The molecule has 3 amide bonds. The Morgan fingerprint density at radius 3 is 2.10 bits per heavy atom. The van der Waals surface area contributed by atoms with E-state index in [0.717, 1.165) is 12.0 Å². The van der Waals surface area contributed by atoms with Crippen molar-refractivity contribution in [1.29, 1.82) is 0 Å². The Kier molecular flexibility index (Phi) is 12.2. The van der Waals surface area contributed by atoms with Crippen molar-refractivity contribution in [2.24, 2.45) is 0 Å².